The number of hydrogen-bond donors (Lipinski definition) is 1. The SMILES string of the molecule is O=C(O)C1CN(C(=O)Cn2nc3ccccc3n2)CCO1. The Labute approximate surface area is 119 Å². The number of morpholine rings is 1. The zero-order chi connectivity index (χ0) is 14.8. The van der Waals surface area contributed by atoms with Gasteiger partial charge in [0.1, 0.15) is 17.6 Å². The second-order valence-corrected chi connectivity index (χ2v) is 4.76. The number of benzene rings is 1. The quantitative estimate of drug-likeness (QED) is 0.836. The third-order valence-electron chi connectivity index (χ3n) is 3.30. The van der Waals surface area contributed by atoms with Crippen molar-refractivity contribution in [2.45, 2.75) is 12.6 Å². The summed E-state index contributed by atoms with van der Waals surface area (Å²) in [5.41, 5.74) is 1.44. The van der Waals surface area contributed by atoms with Crippen molar-refractivity contribution in [3.63, 3.8) is 0 Å². The van der Waals surface area contributed by atoms with Crippen molar-refractivity contribution in [2.75, 3.05) is 19.7 Å². The average Bonchev–Trinajstić information content (AvgIpc) is 2.89. The first-order valence-electron chi connectivity index (χ1n) is 6.55. The fraction of sp³-hybridized carbons (Fsp3) is 0.385. The van der Waals surface area contributed by atoms with Gasteiger partial charge in [-0.3, -0.25) is 4.79 Å². The van der Waals surface area contributed by atoms with Gasteiger partial charge in [0.05, 0.1) is 13.2 Å². The van der Waals surface area contributed by atoms with Crippen LogP contribution in [0.3, 0.4) is 0 Å². The van der Waals surface area contributed by atoms with Gasteiger partial charge in [0.25, 0.3) is 0 Å². The minimum Gasteiger partial charge on any atom is -0.479 e. The highest BCUT2D eigenvalue weighted by Crippen LogP contribution is 2.09. The number of ether oxygens (including phenoxy) is 1. The van der Waals surface area contributed by atoms with Crippen LogP contribution in [0.5, 0.6) is 0 Å². The molecule has 2 heterocycles. The Morgan fingerprint density at radius 2 is 1.95 bits per heavy atom. The summed E-state index contributed by atoms with van der Waals surface area (Å²) in [6, 6.07) is 7.34. The standard InChI is InChI=1S/C13H14N4O4/c18-12(16-5-6-21-11(7-16)13(19)20)8-17-14-9-3-1-2-4-10(9)15-17/h1-4,11H,5-8H2,(H,19,20). The maximum absolute atomic E-state index is 12.2. The highest BCUT2D eigenvalue weighted by atomic mass is 16.5. The van der Waals surface area contributed by atoms with Crippen molar-refractivity contribution in [2.24, 2.45) is 0 Å². The Morgan fingerprint density at radius 1 is 1.29 bits per heavy atom. The Balaban J connectivity index is 1.69. The summed E-state index contributed by atoms with van der Waals surface area (Å²) >= 11 is 0. The molecule has 1 aromatic carbocycles. The number of aliphatic carboxylic acids is 1. The Morgan fingerprint density at radius 3 is 2.57 bits per heavy atom. The van der Waals surface area contributed by atoms with Crippen LogP contribution in [-0.2, 0) is 20.9 Å². The summed E-state index contributed by atoms with van der Waals surface area (Å²) in [7, 11) is 0. The molecular weight excluding hydrogens is 276 g/mol. The fourth-order valence-corrected chi connectivity index (χ4v) is 2.22. The molecule has 0 bridgehead atoms. The van der Waals surface area contributed by atoms with Crippen LogP contribution in [-0.4, -0.2) is 62.7 Å². The topological polar surface area (TPSA) is 97.6 Å². The molecule has 1 aromatic heterocycles. The van der Waals surface area contributed by atoms with Crippen molar-refractivity contribution < 1.29 is 19.4 Å². The number of hydrogen-bond acceptors (Lipinski definition) is 5. The predicted octanol–water partition coefficient (Wildman–Crippen LogP) is -0.257. The molecule has 1 aliphatic rings. The first-order valence-corrected chi connectivity index (χ1v) is 6.55. The molecule has 8 heteroatoms. The van der Waals surface area contributed by atoms with Gasteiger partial charge >= 0.3 is 5.97 Å². The average molecular weight is 290 g/mol. The molecule has 1 fully saturated rings. The molecule has 1 N–H and O–H groups in total. The molecule has 0 saturated carbocycles. The van der Waals surface area contributed by atoms with Crippen LogP contribution >= 0.6 is 0 Å². The Hall–Kier alpha value is -2.48. The van der Waals surface area contributed by atoms with Gasteiger partial charge in [-0.05, 0) is 12.1 Å². The van der Waals surface area contributed by atoms with E-state index in [1.54, 1.807) is 0 Å². The van der Waals surface area contributed by atoms with Gasteiger partial charge in [0, 0.05) is 6.54 Å². The highest BCUT2D eigenvalue weighted by Gasteiger charge is 2.29. The van der Waals surface area contributed by atoms with E-state index in [1.165, 1.54) is 9.70 Å². The second-order valence-electron chi connectivity index (χ2n) is 4.76. The molecule has 0 spiro atoms. The van der Waals surface area contributed by atoms with Gasteiger partial charge in [-0.15, -0.1) is 0 Å². The lowest BCUT2D eigenvalue weighted by Crippen LogP contribution is -2.49. The molecule has 1 amide bonds. The largest absolute Gasteiger partial charge is 0.479 e. The number of carbonyl (C=O) groups is 2. The van der Waals surface area contributed by atoms with E-state index in [9.17, 15) is 9.59 Å². The Kier molecular flexibility index (Phi) is 3.53. The molecule has 0 radical (unpaired) electrons. The van der Waals surface area contributed by atoms with E-state index < -0.39 is 12.1 Å². The van der Waals surface area contributed by atoms with E-state index in [4.69, 9.17) is 9.84 Å². The molecule has 1 atom stereocenters. The normalized spacial score (nSPS) is 18.9. The second kappa shape index (κ2) is 5.49. The summed E-state index contributed by atoms with van der Waals surface area (Å²) < 4.78 is 5.09. The van der Waals surface area contributed by atoms with E-state index in [0.717, 1.165) is 11.0 Å². The molecule has 3 rings (SSSR count). The van der Waals surface area contributed by atoms with Gasteiger partial charge in [0.2, 0.25) is 5.91 Å². The van der Waals surface area contributed by atoms with E-state index in [0.29, 0.717) is 6.54 Å². The first-order chi connectivity index (χ1) is 10.1. The van der Waals surface area contributed by atoms with Gasteiger partial charge in [-0.2, -0.15) is 15.0 Å². The zero-order valence-electron chi connectivity index (χ0n) is 11.2. The Bertz CT molecular complexity index is 651. The van der Waals surface area contributed by atoms with E-state index >= 15 is 0 Å². The summed E-state index contributed by atoms with van der Waals surface area (Å²) in [6.45, 7) is 0.636. The smallest absolute Gasteiger partial charge is 0.334 e. The molecule has 1 aliphatic heterocycles. The zero-order valence-corrected chi connectivity index (χ0v) is 11.2. The van der Waals surface area contributed by atoms with Crippen LogP contribution in [0.1, 0.15) is 0 Å². The molecular formula is C13H14N4O4. The maximum Gasteiger partial charge on any atom is 0.334 e. The van der Waals surface area contributed by atoms with Crippen LogP contribution in [0, 0.1) is 0 Å². The number of carboxylic acids is 1. The number of carbonyl (C=O) groups excluding carboxylic acids is 1. The fourth-order valence-electron chi connectivity index (χ4n) is 2.22. The third kappa shape index (κ3) is 2.84. The maximum atomic E-state index is 12.2. The number of carboxylic acid groups (broad SMARTS) is 1. The van der Waals surface area contributed by atoms with E-state index in [-0.39, 0.29) is 25.6 Å². The van der Waals surface area contributed by atoms with Crippen molar-refractivity contribution in [3.05, 3.63) is 24.3 Å². The number of nitrogens with zero attached hydrogens (tertiary/aromatic N) is 4. The lowest BCUT2D eigenvalue weighted by Gasteiger charge is -2.30. The molecule has 8 nitrogen and oxygen atoms in total. The number of aromatic nitrogens is 3. The van der Waals surface area contributed by atoms with Gasteiger partial charge < -0.3 is 14.7 Å². The van der Waals surface area contributed by atoms with Crippen molar-refractivity contribution >= 4 is 22.9 Å². The lowest BCUT2D eigenvalue weighted by atomic mass is 10.2. The molecule has 110 valence electrons. The number of fused-ring (bicyclic) bond motifs is 1. The number of amides is 1. The predicted molar refractivity (Wildman–Crippen MR) is 71.5 cm³/mol. The lowest BCUT2D eigenvalue weighted by molar-refractivity contribution is -0.159. The van der Waals surface area contributed by atoms with Crippen molar-refractivity contribution in [1.82, 2.24) is 19.9 Å². The third-order valence-corrected chi connectivity index (χ3v) is 3.30. The summed E-state index contributed by atoms with van der Waals surface area (Å²) in [6.07, 6.45) is -0.965. The van der Waals surface area contributed by atoms with E-state index in [1.807, 2.05) is 24.3 Å². The molecule has 1 unspecified atom stereocenters. The van der Waals surface area contributed by atoms with Crippen LogP contribution in [0.15, 0.2) is 24.3 Å². The molecule has 0 aliphatic carbocycles. The minimum absolute atomic E-state index is 0.0129. The first kappa shape index (κ1) is 13.5. The van der Waals surface area contributed by atoms with Crippen LogP contribution in [0.4, 0.5) is 0 Å². The molecule has 1 saturated heterocycles. The summed E-state index contributed by atoms with van der Waals surface area (Å²) in [5, 5.41) is 17.4. The van der Waals surface area contributed by atoms with Gasteiger partial charge in [-0.1, -0.05) is 12.1 Å². The van der Waals surface area contributed by atoms with Crippen molar-refractivity contribution in [3.8, 4) is 0 Å². The van der Waals surface area contributed by atoms with E-state index in [2.05, 4.69) is 10.2 Å². The minimum atomic E-state index is -1.06. The summed E-state index contributed by atoms with van der Waals surface area (Å²) in [5.74, 6) is -1.28. The molecule has 21 heavy (non-hydrogen) atoms. The number of rotatable bonds is 3. The van der Waals surface area contributed by atoms with Crippen LogP contribution in [0.2, 0.25) is 0 Å². The van der Waals surface area contributed by atoms with Gasteiger partial charge in [0.15, 0.2) is 6.10 Å². The monoisotopic (exact) mass is 290 g/mol. The highest BCUT2D eigenvalue weighted by molar-refractivity contribution is 5.79. The van der Waals surface area contributed by atoms with Crippen LogP contribution in [0.25, 0.3) is 11.0 Å². The van der Waals surface area contributed by atoms with Gasteiger partial charge in [-0.25, -0.2) is 4.79 Å². The summed E-state index contributed by atoms with van der Waals surface area (Å²) in [4.78, 5) is 25.9. The van der Waals surface area contributed by atoms with Crippen molar-refractivity contribution in [1.29, 1.82) is 0 Å². The molecule has 2 aromatic rings. The van der Waals surface area contributed by atoms with Crippen LogP contribution < -0.4 is 0 Å².